The van der Waals surface area contributed by atoms with Gasteiger partial charge in [0.1, 0.15) is 5.82 Å². The second kappa shape index (κ2) is 6.64. The highest BCUT2D eigenvalue weighted by atomic mass is 16.3. The molecule has 1 aliphatic heterocycles. The molecule has 0 unspecified atom stereocenters. The molecule has 0 amide bonds. The minimum absolute atomic E-state index is 0.263. The number of aliphatic hydroxyl groups excluding tert-OH is 1. The highest BCUT2D eigenvalue weighted by molar-refractivity contribution is 5.84. The summed E-state index contributed by atoms with van der Waals surface area (Å²) in [4.78, 5) is 17.4. The van der Waals surface area contributed by atoms with E-state index in [0.29, 0.717) is 19.0 Å². The van der Waals surface area contributed by atoms with Crippen LogP contribution in [0.1, 0.15) is 12.0 Å². The number of aliphatic hydroxyl groups is 1. The van der Waals surface area contributed by atoms with Gasteiger partial charge in [-0.3, -0.25) is 4.98 Å². The van der Waals surface area contributed by atoms with Crippen molar-refractivity contribution < 1.29 is 5.11 Å². The molecule has 6 heteroatoms. The summed E-state index contributed by atoms with van der Waals surface area (Å²) in [6, 6.07) is 10.2. The van der Waals surface area contributed by atoms with Crippen molar-refractivity contribution in [1.82, 2.24) is 15.0 Å². The number of fused-ring (bicyclic) bond motifs is 1. The standard InChI is InChI=1S/C19H21N5O/c1-23(12-15-4-2-3-14-11-20-8-5-17(14)15)19-21-9-6-18(22-19)24-10-7-16(25)13-24/h2-6,8-9,11,16,25H,7,10,12-13H2,1H3/t16-/m1/s1. The highest BCUT2D eigenvalue weighted by Gasteiger charge is 2.22. The van der Waals surface area contributed by atoms with E-state index in [1.165, 1.54) is 10.9 Å². The van der Waals surface area contributed by atoms with Gasteiger partial charge in [-0.2, -0.15) is 4.98 Å². The number of benzene rings is 1. The van der Waals surface area contributed by atoms with Gasteiger partial charge in [0, 0.05) is 50.7 Å². The maximum Gasteiger partial charge on any atom is 0.227 e. The third-order valence-corrected chi connectivity index (χ3v) is 4.64. The number of aromatic nitrogens is 3. The first kappa shape index (κ1) is 15.8. The molecule has 0 spiro atoms. The van der Waals surface area contributed by atoms with E-state index in [-0.39, 0.29) is 6.10 Å². The fourth-order valence-electron chi connectivity index (χ4n) is 3.30. The number of pyridine rings is 1. The Balaban J connectivity index is 1.57. The highest BCUT2D eigenvalue weighted by Crippen LogP contribution is 2.22. The van der Waals surface area contributed by atoms with Gasteiger partial charge in [0.2, 0.25) is 5.95 Å². The van der Waals surface area contributed by atoms with Crippen molar-refractivity contribution in [3.63, 3.8) is 0 Å². The molecule has 128 valence electrons. The van der Waals surface area contributed by atoms with Crippen LogP contribution in [0.5, 0.6) is 0 Å². The van der Waals surface area contributed by atoms with Gasteiger partial charge in [0.15, 0.2) is 0 Å². The topological polar surface area (TPSA) is 65.4 Å². The first-order valence-electron chi connectivity index (χ1n) is 8.49. The Bertz CT molecular complexity index is 879. The average Bonchev–Trinajstić information content (AvgIpc) is 3.09. The van der Waals surface area contributed by atoms with Gasteiger partial charge in [-0.05, 0) is 29.5 Å². The van der Waals surface area contributed by atoms with Gasteiger partial charge in [-0.1, -0.05) is 18.2 Å². The summed E-state index contributed by atoms with van der Waals surface area (Å²) >= 11 is 0. The Morgan fingerprint density at radius 2 is 2.16 bits per heavy atom. The fourth-order valence-corrected chi connectivity index (χ4v) is 3.30. The Kier molecular flexibility index (Phi) is 4.19. The SMILES string of the molecule is CN(Cc1cccc2cnccc12)c1nccc(N2CC[C@@H](O)C2)n1. The van der Waals surface area contributed by atoms with Crippen LogP contribution in [-0.2, 0) is 6.54 Å². The van der Waals surface area contributed by atoms with Crippen molar-refractivity contribution in [2.75, 3.05) is 29.9 Å². The fraction of sp³-hybridized carbons (Fsp3) is 0.316. The zero-order valence-electron chi connectivity index (χ0n) is 14.2. The third kappa shape index (κ3) is 3.25. The Morgan fingerprint density at radius 3 is 3.00 bits per heavy atom. The molecule has 0 saturated carbocycles. The van der Waals surface area contributed by atoms with Crippen molar-refractivity contribution in [3.05, 3.63) is 54.5 Å². The summed E-state index contributed by atoms with van der Waals surface area (Å²) in [7, 11) is 2.00. The van der Waals surface area contributed by atoms with E-state index in [9.17, 15) is 5.11 Å². The van der Waals surface area contributed by atoms with Gasteiger partial charge in [-0.15, -0.1) is 0 Å². The molecule has 1 atom stereocenters. The van der Waals surface area contributed by atoms with E-state index >= 15 is 0 Å². The maximum atomic E-state index is 9.73. The van der Waals surface area contributed by atoms with Crippen LogP contribution in [0.3, 0.4) is 0 Å². The van der Waals surface area contributed by atoms with Gasteiger partial charge >= 0.3 is 0 Å². The van der Waals surface area contributed by atoms with Crippen LogP contribution >= 0.6 is 0 Å². The van der Waals surface area contributed by atoms with Crippen molar-refractivity contribution in [2.24, 2.45) is 0 Å². The first-order valence-corrected chi connectivity index (χ1v) is 8.49. The minimum atomic E-state index is -0.263. The molecule has 1 aromatic carbocycles. The second-order valence-corrected chi connectivity index (χ2v) is 6.47. The molecule has 1 saturated heterocycles. The molecule has 0 radical (unpaired) electrons. The number of nitrogens with zero attached hydrogens (tertiary/aromatic N) is 5. The minimum Gasteiger partial charge on any atom is -0.391 e. The van der Waals surface area contributed by atoms with Crippen molar-refractivity contribution in [1.29, 1.82) is 0 Å². The lowest BCUT2D eigenvalue weighted by Gasteiger charge is -2.21. The zero-order valence-corrected chi connectivity index (χ0v) is 14.2. The number of anilines is 2. The van der Waals surface area contributed by atoms with Crippen molar-refractivity contribution in [2.45, 2.75) is 19.1 Å². The van der Waals surface area contributed by atoms with Crippen LogP contribution < -0.4 is 9.80 Å². The molecule has 1 N–H and O–H groups in total. The molecule has 1 fully saturated rings. The van der Waals surface area contributed by atoms with Crippen molar-refractivity contribution in [3.8, 4) is 0 Å². The largest absolute Gasteiger partial charge is 0.391 e. The summed E-state index contributed by atoms with van der Waals surface area (Å²) in [6.45, 7) is 2.18. The average molecular weight is 335 g/mol. The van der Waals surface area contributed by atoms with E-state index < -0.39 is 0 Å². The lowest BCUT2D eigenvalue weighted by Crippen LogP contribution is -2.24. The summed E-state index contributed by atoms with van der Waals surface area (Å²) in [5.74, 6) is 1.56. The molecule has 3 aromatic rings. The molecule has 1 aliphatic rings. The Hall–Kier alpha value is -2.73. The van der Waals surface area contributed by atoms with Crippen LogP contribution in [0.25, 0.3) is 10.8 Å². The Morgan fingerprint density at radius 1 is 1.24 bits per heavy atom. The van der Waals surface area contributed by atoms with Crippen LogP contribution in [0, 0.1) is 0 Å². The summed E-state index contributed by atoms with van der Waals surface area (Å²) in [5, 5.41) is 12.1. The molecular weight excluding hydrogens is 314 g/mol. The molecule has 6 nitrogen and oxygen atoms in total. The Labute approximate surface area is 146 Å². The number of hydrogen-bond acceptors (Lipinski definition) is 6. The normalized spacial score (nSPS) is 17.2. The molecule has 25 heavy (non-hydrogen) atoms. The van der Waals surface area contributed by atoms with E-state index in [1.54, 1.807) is 6.20 Å². The van der Waals surface area contributed by atoms with E-state index in [2.05, 4.69) is 38.1 Å². The third-order valence-electron chi connectivity index (χ3n) is 4.64. The number of rotatable bonds is 4. The quantitative estimate of drug-likeness (QED) is 0.789. The number of β-amino-alcohol motifs (C(OH)–C–C–N with tert-alkyl or cyclic N) is 1. The zero-order chi connectivity index (χ0) is 17.2. The van der Waals surface area contributed by atoms with Gasteiger partial charge in [0.25, 0.3) is 0 Å². The summed E-state index contributed by atoms with van der Waals surface area (Å²) in [6.07, 6.45) is 6.02. The predicted molar refractivity (Wildman–Crippen MR) is 98.7 cm³/mol. The van der Waals surface area contributed by atoms with E-state index in [4.69, 9.17) is 0 Å². The second-order valence-electron chi connectivity index (χ2n) is 6.47. The number of hydrogen-bond donors (Lipinski definition) is 1. The predicted octanol–water partition coefficient (Wildman–Crippen LogP) is 2.23. The van der Waals surface area contributed by atoms with Gasteiger partial charge in [0.05, 0.1) is 6.10 Å². The lowest BCUT2D eigenvalue weighted by molar-refractivity contribution is 0.198. The lowest BCUT2D eigenvalue weighted by atomic mass is 10.1. The maximum absolute atomic E-state index is 9.73. The molecular formula is C19H21N5O. The molecule has 0 aliphatic carbocycles. The summed E-state index contributed by atoms with van der Waals surface area (Å²) < 4.78 is 0. The van der Waals surface area contributed by atoms with Crippen LogP contribution in [0.4, 0.5) is 11.8 Å². The first-order chi connectivity index (χ1) is 12.2. The molecule has 3 heterocycles. The molecule has 2 aromatic heterocycles. The molecule has 4 rings (SSSR count). The van der Waals surface area contributed by atoms with Gasteiger partial charge < -0.3 is 14.9 Å². The van der Waals surface area contributed by atoms with E-state index in [1.807, 2.05) is 36.5 Å². The van der Waals surface area contributed by atoms with Gasteiger partial charge in [-0.25, -0.2) is 4.98 Å². The van der Waals surface area contributed by atoms with E-state index in [0.717, 1.165) is 24.2 Å². The monoisotopic (exact) mass is 335 g/mol. The summed E-state index contributed by atoms with van der Waals surface area (Å²) in [5.41, 5.74) is 1.22. The molecule has 0 bridgehead atoms. The van der Waals surface area contributed by atoms with Crippen LogP contribution in [-0.4, -0.2) is 46.3 Å². The smallest absolute Gasteiger partial charge is 0.227 e. The van der Waals surface area contributed by atoms with Crippen LogP contribution in [0.15, 0.2) is 48.9 Å². The van der Waals surface area contributed by atoms with Crippen LogP contribution in [0.2, 0.25) is 0 Å². The van der Waals surface area contributed by atoms with Crippen molar-refractivity contribution >= 4 is 22.5 Å².